The molecule has 0 aliphatic heterocycles. The molecule has 9 heteroatoms. The van der Waals surface area contributed by atoms with Gasteiger partial charge in [-0.1, -0.05) is 0 Å². The summed E-state index contributed by atoms with van der Waals surface area (Å²) in [7, 11) is -3.32. The predicted molar refractivity (Wildman–Crippen MR) is 63.3 cm³/mol. The van der Waals surface area contributed by atoms with Gasteiger partial charge < -0.3 is 17.7 Å². The van der Waals surface area contributed by atoms with Crippen molar-refractivity contribution in [3.8, 4) is 5.75 Å². The summed E-state index contributed by atoms with van der Waals surface area (Å²) in [5.41, 5.74) is -0.942. The summed E-state index contributed by atoms with van der Waals surface area (Å²) in [5, 5.41) is 0. The molecule has 0 aliphatic rings. The van der Waals surface area contributed by atoms with Crippen LogP contribution in [0.2, 0.25) is 0 Å². The van der Waals surface area contributed by atoms with E-state index in [1.54, 1.807) is 0 Å². The molecule has 1 aromatic rings. The first-order valence-electron chi connectivity index (χ1n) is 4.91. The average Bonchev–Trinajstić information content (AvgIpc) is 2.24. The Morgan fingerprint density at radius 1 is 1.26 bits per heavy atom. The minimum Gasteiger partial charge on any atom is -0.492 e. The van der Waals surface area contributed by atoms with Gasteiger partial charge >= 0.3 is 58.4 Å². The maximum atomic E-state index is 12.2. The fraction of sp³-hybridized carbons (Fsp3) is 0.200. The fourth-order valence-electron chi connectivity index (χ4n) is 1.05. The van der Waals surface area contributed by atoms with Crippen molar-refractivity contribution in [1.29, 1.82) is 0 Å². The van der Waals surface area contributed by atoms with Crippen LogP contribution in [0.1, 0.15) is 0 Å². The van der Waals surface area contributed by atoms with E-state index in [4.69, 9.17) is 4.74 Å². The van der Waals surface area contributed by atoms with Crippen molar-refractivity contribution in [3.05, 3.63) is 36.3 Å². The molecule has 100 valence electrons. The van der Waals surface area contributed by atoms with E-state index in [1.807, 2.05) is 0 Å². The molecule has 0 radical (unpaired) electrons. The Hall–Kier alpha value is 0.201. The van der Waals surface area contributed by atoms with Crippen LogP contribution in [0.15, 0.2) is 41.2 Å². The fourth-order valence-corrected chi connectivity index (χ4v) is 1.68. The smallest absolute Gasteiger partial charge is 0.492 e. The van der Waals surface area contributed by atoms with Crippen molar-refractivity contribution in [3.63, 3.8) is 0 Å². The van der Waals surface area contributed by atoms with Crippen LogP contribution >= 0.6 is 0 Å². The van der Waals surface area contributed by atoms with Gasteiger partial charge in [0, 0.05) is 6.26 Å². The van der Waals surface area contributed by atoms with Crippen LogP contribution in [-0.2, 0) is 9.84 Å². The van der Waals surface area contributed by atoms with Crippen LogP contribution in [0.25, 0.3) is 0 Å². The van der Waals surface area contributed by atoms with E-state index in [0.717, 1.165) is 6.26 Å². The molecule has 0 heterocycles. The van der Waals surface area contributed by atoms with Crippen LogP contribution in [0.3, 0.4) is 0 Å². The van der Waals surface area contributed by atoms with Crippen LogP contribution in [0, 0.1) is 0 Å². The number of ether oxygens (including phenoxy) is 1. The van der Waals surface area contributed by atoms with Gasteiger partial charge in [-0.15, -0.1) is 12.1 Å². The van der Waals surface area contributed by atoms with Gasteiger partial charge in [0.15, 0.2) is 9.84 Å². The van der Waals surface area contributed by atoms with Crippen molar-refractivity contribution < 1.29 is 77.5 Å². The van der Waals surface area contributed by atoms with Gasteiger partial charge in [0.25, 0.3) is 0 Å². The van der Waals surface area contributed by atoms with Crippen LogP contribution in [0.5, 0.6) is 5.75 Å². The largest absolute Gasteiger partial charge is 1.00 e. The van der Waals surface area contributed by atoms with E-state index in [0.29, 0.717) is 0 Å². The van der Waals surface area contributed by atoms with E-state index < -0.39 is 28.9 Å². The van der Waals surface area contributed by atoms with Crippen molar-refractivity contribution >= 4 is 16.8 Å². The van der Waals surface area contributed by atoms with Crippen LogP contribution in [0.4, 0.5) is 12.9 Å². The quantitative estimate of drug-likeness (QED) is 0.682. The summed E-state index contributed by atoms with van der Waals surface area (Å²) in [6.45, 7) is -2.90. The van der Waals surface area contributed by atoms with E-state index in [2.05, 4.69) is 6.58 Å². The van der Waals surface area contributed by atoms with Crippen molar-refractivity contribution in [2.45, 2.75) is 4.90 Å². The Balaban J connectivity index is 0.00000324. The third-order valence-corrected chi connectivity index (χ3v) is 3.27. The van der Waals surface area contributed by atoms with Gasteiger partial charge in [0.1, 0.15) is 5.75 Å². The zero-order valence-electron chi connectivity index (χ0n) is 10.6. The molecule has 0 spiro atoms. The number of rotatable bonds is 5. The van der Waals surface area contributed by atoms with Crippen LogP contribution in [-0.4, -0.2) is 28.3 Å². The van der Waals surface area contributed by atoms with Gasteiger partial charge in [-0.3, -0.25) is 0 Å². The Morgan fingerprint density at radius 2 is 1.74 bits per heavy atom. The normalized spacial score (nSPS) is 11.6. The molecule has 0 unspecified atom stereocenters. The molecule has 0 aliphatic carbocycles. The Kier molecular flexibility index (Phi) is 7.36. The summed E-state index contributed by atoms with van der Waals surface area (Å²) < 4.78 is 63.7. The summed E-state index contributed by atoms with van der Waals surface area (Å²) >= 11 is 0. The molecule has 0 aromatic heterocycles. The molecule has 0 fully saturated rings. The average molecular weight is 318 g/mol. The van der Waals surface area contributed by atoms with Crippen molar-refractivity contribution in [1.82, 2.24) is 0 Å². The first-order chi connectivity index (χ1) is 8.10. The molecule has 0 atom stereocenters. The monoisotopic (exact) mass is 318 g/mol. The second kappa shape index (κ2) is 7.28. The Labute approximate surface area is 152 Å². The maximum Gasteiger partial charge on any atom is 1.00 e. The van der Waals surface area contributed by atoms with E-state index in [-0.39, 0.29) is 62.0 Å². The summed E-state index contributed by atoms with van der Waals surface area (Å²) in [6.07, 6.45) is 1.04. The third kappa shape index (κ3) is 6.46. The first-order valence-corrected chi connectivity index (χ1v) is 6.80. The molecule has 19 heavy (non-hydrogen) atoms. The summed E-state index contributed by atoms with van der Waals surface area (Å²) in [5.74, 6) is 0.156. The molecule has 0 saturated carbocycles. The van der Waals surface area contributed by atoms with Gasteiger partial charge in [0.2, 0.25) is 0 Å². The molecule has 0 saturated heterocycles. The van der Waals surface area contributed by atoms with Gasteiger partial charge in [-0.05, 0) is 24.3 Å². The number of halogens is 3. The molecular formula is C10H11BF3KO3S. The molecular weight excluding hydrogens is 307 g/mol. The van der Waals surface area contributed by atoms with E-state index in [9.17, 15) is 21.4 Å². The van der Waals surface area contributed by atoms with Gasteiger partial charge in [0.05, 0.1) is 11.5 Å². The van der Waals surface area contributed by atoms with Crippen LogP contribution < -0.4 is 56.1 Å². The van der Waals surface area contributed by atoms with E-state index in [1.165, 1.54) is 24.3 Å². The first kappa shape index (κ1) is 19.2. The standard InChI is InChI=1S/C10H11BF3O3S.K/c1-8(11(12,13)14)7-17-9-3-5-10(6-4-9)18(2,15)16;/h3-6H,1,7H2,2H3;/q-1;+1. The molecule has 1 rings (SSSR count). The van der Waals surface area contributed by atoms with E-state index >= 15 is 0 Å². The number of hydrogen-bond donors (Lipinski definition) is 0. The molecule has 0 N–H and O–H groups in total. The molecule has 1 aromatic carbocycles. The minimum atomic E-state index is -5.11. The SMILES string of the molecule is C=C(COc1ccc(S(C)(=O)=O)cc1)[B-](F)(F)F.[K+]. The van der Waals surface area contributed by atoms with Crippen molar-refractivity contribution in [2.24, 2.45) is 0 Å². The second-order valence-corrected chi connectivity index (χ2v) is 5.78. The number of benzene rings is 1. The Morgan fingerprint density at radius 3 is 2.11 bits per heavy atom. The zero-order chi connectivity index (χ0) is 14.0. The Bertz CT molecular complexity index is 540. The zero-order valence-corrected chi connectivity index (χ0v) is 14.5. The topological polar surface area (TPSA) is 43.4 Å². The summed E-state index contributed by atoms with van der Waals surface area (Å²) in [6, 6.07) is 5.14. The third-order valence-electron chi connectivity index (χ3n) is 2.14. The predicted octanol–water partition coefficient (Wildman–Crippen LogP) is -0.584. The molecule has 0 bridgehead atoms. The van der Waals surface area contributed by atoms with Crippen molar-refractivity contribution in [2.75, 3.05) is 12.9 Å². The number of hydrogen-bond acceptors (Lipinski definition) is 3. The van der Waals surface area contributed by atoms with Gasteiger partial charge in [-0.25, -0.2) is 8.42 Å². The maximum absolute atomic E-state index is 12.2. The summed E-state index contributed by atoms with van der Waals surface area (Å²) in [4.78, 5) is 0.0775. The molecule has 0 amide bonds. The minimum absolute atomic E-state index is 0. The second-order valence-electron chi connectivity index (χ2n) is 3.77. The van der Waals surface area contributed by atoms with Gasteiger partial charge in [-0.2, -0.15) is 0 Å². The number of sulfone groups is 1. The molecule has 3 nitrogen and oxygen atoms in total.